The summed E-state index contributed by atoms with van der Waals surface area (Å²) in [7, 11) is 0. The van der Waals surface area contributed by atoms with Crippen LogP contribution in [0.1, 0.15) is 12.5 Å². The maximum Gasteiger partial charge on any atom is 0.0400 e. The average Bonchev–Trinajstić information content (AvgIpc) is 2.29. The molecule has 0 saturated heterocycles. The van der Waals surface area contributed by atoms with Crippen LogP contribution in [-0.4, -0.2) is 30.6 Å². The van der Waals surface area contributed by atoms with E-state index in [2.05, 4.69) is 36.1 Å². The highest BCUT2D eigenvalue weighted by atomic mass is 32.2. The van der Waals surface area contributed by atoms with Crippen molar-refractivity contribution in [3.05, 3.63) is 29.8 Å². The first-order valence-electron chi connectivity index (χ1n) is 5.97. The smallest absolute Gasteiger partial charge is 0.0400 e. The predicted octanol–water partition coefficient (Wildman–Crippen LogP) is 2.13. The number of anilines is 1. The molecule has 2 rings (SSSR count). The lowest BCUT2D eigenvalue weighted by Crippen LogP contribution is -2.44. The minimum absolute atomic E-state index is 0.293. The van der Waals surface area contributed by atoms with E-state index in [4.69, 9.17) is 5.73 Å². The quantitative estimate of drug-likeness (QED) is 0.812. The van der Waals surface area contributed by atoms with Crippen molar-refractivity contribution in [3.8, 4) is 0 Å². The Bertz CT molecular complexity index is 340. The van der Waals surface area contributed by atoms with Crippen LogP contribution in [0.25, 0.3) is 0 Å². The zero-order chi connectivity index (χ0) is 11.4. The molecule has 1 aliphatic heterocycles. The molecule has 88 valence electrons. The number of nitrogens with zero attached hydrogens (tertiary/aromatic N) is 1. The molecule has 0 spiro atoms. The van der Waals surface area contributed by atoms with Crippen LogP contribution in [0.3, 0.4) is 0 Å². The second-order valence-electron chi connectivity index (χ2n) is 4.24. The molecule has 0 aliphatic carbocycles. The van der Waals surface area contributed by atoms with Crippen LogP contribution in [0.2, 0.25) is 0 Å². The molecule has 2 nitrogen and oxygen atoms in total. The summed E-state index contributed by atoms with van der Waals surface area (Å²) >= 11 is 2.00. The molecular formula is C13H20N2S. The fourth-order valence-corrected chi connectivity index (χ4v) is 2.89. The lowest BCUT2D eigenvalue weighted by molar-refractivity contribution is 0.609. The zero-order valence-corrected chi connectivity index (χ0v) is 10.7. The zero-order valence-electron chi connectivity index (χ0n) is 9.86. The number of rotatable bonds is 4. The van der Waals surface area contributed by atoms with Gasteiger partial charge in [-0.1, -0.05) is 25.1 Å². The van der Waals surface area contributed by atoms with Gasteiger partial charge in [0.25, 0.3) is 0 Å². The molecule has 0 aromatic heterocycles. The van der Waals surface area contributed by atoms with Gasteiger partial charge < -0.3 is 10.6 Å². The monoisotopic (exact) mass is 236 g/mol. The number of hydrogen-bond acceptors (Lipinski definition) is 3. The highest BCUT2D eigenvalue weighted by Gasteiger charge is 2.20. The maximum atomic E-state index is 6.10. The van der Waals surface area contributed by atoms with Gasteiger partial charge in [-0.05, 0) is 23.8 Å². The molecule has 0 radical (unpaired) electrons. The molecule has 0 fully saturated rings. The van der Waals surface area contributed by atoms with Crippen molar-refractivity contribution in [2.24, 2.45) is 5.73 Å². The minimum Gasteiger partial charge on any atom is -0.369 e. The molecule has 1 unspecified atom stereocenters. The second kappa shape index (κ2) is 5.60. The molecule has 1 aromatic carbocycles. The highest BCUT2D eigenvalue weighted by molar-refractivity contribution is 7.99. The van der Waals surface area contributed by atoms with Crippen molar-refractivity contribution in [2.75, 3.05) is 29.5 Å². The van der Waals surface area contributed by atoms with Gasteiger partial charge in [0, 0.05) is 30.6 Å². The van der Waals surface area contributed by atoms with Crippen LogP contribution in [0.15, 0.2) is 24.3 Å². The fourth-order valence-electron chi connectivity index (χ4n) is 2.25. The van der Waals surface area contributed by atoms with E-state index in [0.717, 1.165) is 19.5 Å². The fraction of sp³-hybridized carbons (Fsp3) is 0.538. The molecular weight excluding hydrogens is 216 g/mol. The maximum absolute atomic E-state index is 6.10. The lowest BCUT2D eigenvalue weighted by atomic mass is 9.99. The number of nitrogens with two attached hydrogens (primary N) is 1. The standard InChI is InChI=1S/C13H20N2S/c1-2-16-8-7-15-10-12(14)9-11-5-3-4-6-13(11)15/h3-6,12H,2,7-10,14H2,1H3. The number of fused-ring (bicyclic) bond motifs is 1. The Labute approximate surface area is 102 Å². The Hall–Kier alpha value is -0.670. The van der Waals surface area contributed by atoms with E-state index in [0.29, 0.717) is 6.04 Å². The summed E-state index contributed by atoms with van der Waals surface area (Å²) in [5.74, 6) is 2.39. The molecule has 3 heteroatoms. The van der Waals surface area contributed by atoms with Gasteiger partial charge in [-0.15, -0.1) is 0 Å². The van der Waals surface area contributed by atoms with E-state index >= 15 is 0 Å². The van der Waals surface area contributed by atoms with Crippen molar-refractivity contribution in [1.29, 1.82) is 0 Å². The van der Waals surface area contributed by atoms with E-state index in [-0.39, 0.29) is 0 Å². The normalized spacial score (nSPS) is 19.6. The predicted molar refractivity (Wildman–Crippen MR) is 73.3 cm³/mol. The summed E-state index contributed by atoms with van der Waals surface area (Å²) in [6, 6.07) is 8.94. The van der Waals surface area contributed by atoms with E-state index in [1.165, 1.54) is 22.8 Å². The third-order valence-electron chi connectivity index (χ3n) is 2.98. The Kier molecular flexibility index (Phi) is 4.13. The average molecular weight is 236 g/mol. The van der Waals surface area contributed by atoms with Crippen LogP contribution < -0.4 is 10.6 Å². The van der Waals surface area contributed by atoms with E-state index < -0.39 is 0 Å². The highest BCUT2D eigenvalue weighted by Crippen LogP contribution is 2.26. The van der Waals surface area contributed by atoms with Crippen molar-refractivity contribution in [2.45, 2.75) is 19.4 Å². The van der Waals surface area contributed by atoms with E-state index in [9.17, 15) is 0 Å². The third kappa shape index (κ3) is 2.71. The number of hydrogen-bond donors (Lipinski definition) is 1. The van der Waals surface area contributed by atoms with Crippen LogP contribution in [0, 0.1) is 0 Å². The van der Waals surface area contributed by atoms with Gasteiger partial charge >= 0.3 is 0 Å². The molecule has 1 heterocycles. The first kappa shape index (κ1) is 11.8. The summed E-state index contributed by atoms with van der Waals surface area (Å²) in [5.41, 5.74) is 8.89. The molecule has 1 aromatic rings. The molecule has 2 N–H and O–H groups in total. The van der Waals surface area contributed by atoms with Crippen molar-refractivity contribution in [1.82, 2.24) is 0 Å². The van der Waals surface area contributed by atoms with E-state index in [1.807, 2.05) is 11.8 Å². The van der Waals surface area contributed by atoms with Crippen molar-refractivity contribution < 1.29 is 0 Å². The number of benzene rings is 1. The number of thioether (sulfide) groups is 1. The third-order valence-corrected chi connectivity index (χ3v) is 3.86. The van der Waals surface area contributed by atoms with Crippen LogP contribution in [-0.2, 0) is 6.42 Å². The van der Waals surface area contributed by atoms with Gasteiger partial charge in [0.05, 0.1) is 0 Å². The largest absolute Gasteiger partial charge is 0.369 e. The van der Waals surface area contributed by atoms with Gasteiger partial charge in [0.2, 0.25) is 0 Å². The molecule has 0 amide bonds. The van der Waals surface area contributed by atoms with Crippen molar-refractivity contribution in [3.63, 3.8) is 0 Å². The Morgan fingerprint density at radius 3 is 3.06 bits per heavy atom. The van der Waals surface area contributed by atoms with Crippen molar-refractivity contribution >= 4 is 17.4 Å². The SMILES string of the molecule is CCSCCN1CC(N)Cc2ccccc21. The van der Waals surface area contributed by atoms with Crippen LogP contribution in [0.4, 0.5) is 5.69 Å². The van der Waals surface area contributed by atoms with Crippen LogP contribution >= 0.6 is 11.8 Å². The van der Waals surface area contributed by atoms with Gasteiger partial charge in [0.15, 0.2) is 0 Å². The van der Waals surface area contributed by atoms with Crippen LogP contribution in [0.5, 0.6) is 0 Å². The summed E-state index contributed by atoms with van der Waals surface area (Å²) < 4.78 is 0. The summed E-state index contributed by atoms with van der Waals surface area (Å²) in [6.45, 7) is 4.32. The lowest BCUT2D eigenvalue weighted by Gasteiger charge is -2.34. The van der Waals surface area contributed by atoms with E-state index in [1.54, 1.807) is 0 Å². The first-order chi connectivity index (χ1) is 7.81. The minimum atomic E-state index is 0.293. The summed E-state index contributed by atoms with van der Waals surface area (Å²) in [5, 5.41) is 0. The molecule has 1 atom stereocenters. The van der Waals surface area contributed by atoms with Gasteiger partial charge in [0.1, 0.15) is 0 Å². The summed E-state index contributed by atoms with van der Waals surface area (Å²) in [6.07, 6.45) is 1.02. The molecule has 1 aliphatic rings. The van der Waals surface area contributed by atoms with Gasteiger partial charge in [-0.25, -0.2) is 0 Å². The molecule has 0 bridgehead atoms. The topological polar surface area (TPSA) is 29.3 Å². The first-order valence-corrected chi connectivity index (χ1v) is 7.13. The Balaban J connectivity index is 2.07. The molecule has 16 heavy (non-hydrogen) atoms. The summed E-state index contributed by atoms with van der Waals surface area (Å²) in [4.78, 5) is 2.44. The number of para-hydroxylation sites is 1. The van der Waals surface area contributed by atoms with Gasteiger partial charge in [-0.3, -0.25) is 0 Å². The Morgan fingerprint density at radius 2 is 2.25 bits per heavy atom. The van der Waals surface area contributed by atoms with Gasteiger partial charge in [-0.2, -0.15) is 11.8 Å². The molecule has 0 saturated carbocycles. The Morgan fingerprint density at radius 1 is 1.44 bits per heavy atom. The second-order valence-corrected chi connectivity index (χ2v) is 5.63.